The molecule has 72 valence electrons. The van der Waals surface area contributed by atoms with Crippen LogP contribution in [0.1, 0.15) is 12.5 Å². The molecule has 1 atom stereocenters. The second-order valence-electron chi connectivity index (χ2n) is 3.09. The van der Waals surface area contributed by atoms with E-state index in [4.69, 9.17) is 0 Å². The monoisotopic (exact) mass is 212 g/mol. The largest absolute Gasteiger partial charge is 0.179 e. The Hall–Kier alpha value is -0.0800. The van der Waals surface area contributed by atoms with E-state index in [-0.39, 0.29) is 0 Å². The number of rotatable bonds is 5. The van der Waals surface area contributed by atoms with Crippen LogP contribution in [0.2, 0.25) is 0 Å². The van der Waals surface area contributed by atoms with Gasteiger partial charge in [-0.1, -0.05) is 37.3 Å². The summed E-state index contributed by atoms with van der Waals surface area (Å²) in [6.07, 6.45) is 1.17. The molecule has 0 saturated carbocycles. The highest BCUT2D eigenvalue weighted by atomic mass is 32.2. The van der Waals surface area contributed by atoms with Gasteiger partial charge in [0, 0.05) is 11.0 Å². The summed E-state index contributed by atoms with van der Waals surface area (Å²) < 4.78 is 0. The van der Waals surface area contributed by atoms with Crippen molar-refractivity contribution in [3.63, 3.8) is 0 Å². The van der Waals surface area contributed by atoms with Crippen LogP contribution in [0.25, 0.3) is 0 Å². The standard InChI is InChI=1S/C11H16S2/c1-10(13-8-7-12)9-11-5-3-2-4-6-11/h2-6,10,12H,7-9H2,1H3. The molecule has 0 N–H and O–H groups in total. The fraction of sp³-hybridized carbons (Fsp3) is 0.455. The Bertz CT molecular complexity index is 221. The van der Waals surface area contributed by atoms with Crippen LogP contribution in [0.4, 0.5) is 0 Å². The van der Waals surface area contributed by atoms with Crippen LogP contribution in [0.3, 0.4) is 0 Å². The summed E-state index contributed by atoms with van der Waals surface area (Å²) in [6, 6.07) is 10.7. The molecule has 1 unspecified atom stereocenters. The number of hydrogen-bond acceptors (Lipinski definition) is 2. The Morgan fingerprint density at radius 3 is 2.62 bits per heavy atom. The zero-order chi connectivity index (χ0) is 9.52. The maximum Gasteiger partial charge on any atom is 0.00594 e. The normalized spacial score (nSPS) is 12.8. The molecule has 0 aliphatic carbocycles. The van der Waals surface area contributed by atoms with Crippen molar-refractivity contribution in [1.82, 2.24) is 0 Å². The summed E-state index contributed by atoms with van der Waals surface area (Å²) in [6.45, 7) is 2.28. The summed E-state index contributed by atoms with van der Waals surface area (Å²) in [5.41, 5.74) is 1.43. The molecule has 0 aliphatic heterocycles. The van der Waals surface area contributed by atoms with Crippen LogP contribution in [0.15, 0.2) is 30.3 Å². The van der Waals surface area contributed by atoms with Crippen molar-refractivity contribution in [2.45, 2.75) is 18.6 Å². The molecular formula is C11H16S2. The second kappa shape index (κ2) is 6.39. The van der Waals surface area contributed by atoms with Crippen LogP contribution < -0.4 is 0 Å². The Balaban J connectivity index is 2.32. The molecule has 0 spiro atoms. The third-order valence-corrected chi connectivity index (χ3v) is 3.56. The minimum Gasteiger partial charge on any atom is -0.179 e. The number of hydrogen-bond donors (Lipinski definition) is 1. The van der Waals surface area contributed by atoms with Crippen LogP contribution in [0, 0.1) is 0 Å². The van der Waals surface area contributed by atoms with E-state index in [0.717, 1.165) is 11.5 Å². The van der Waals surface area contributed by atoms with Crippen LogP contribution in [-0.4, -0.2) is 16.8 Å². The van der Waals surface area contributed by atoms with E-state index in [1.807, 2.05) is 11.8 Å². The predicted octanol–water partition coefficient (Wildman–Crippen LogP) is 3.28. The van der Waals surface area contributed by atoms with Gasteiger partial charge in [0.1, 0.15) is 0 Å². The van der Waals surface area contributed by atoms with Gasteiger partial charge in [0.2, 0.25) is 0 Å². The van der Waals surface area contributed by atoms with E-state index in [1.165, 1.54) is 12.0 Å². The average molecular weight is 212 g/mol. The third-order valence-electron chi connectivity index (χ3n) is 1.86. The highest BCUT2D eigenvalue weighted by Crippen LogP contribution is 2.15. The lowest BCUT2D eigenvalue weighted by atomic mass is 10.1. The lowest BCUT2D eigenvalue weighted by Gasteiger charge is -2.09. The molecule has 0 nitrogen and oxygen atoms in total. The van der Waals surface area contributed by atoms with Gasteiger partial charge < -0.3 is 0 Å². The van der Waals surface area contributed by atoms with Gasteiger partial charge in [0.25, 0.3) is 0 Å². The Morgan fingerprint density at radius 2 is 2.00 bits per heavy atom. The molecule has 1 rings (SSSR count). The van der Waals surface area contributed by atoms with E-state index < -0.39 is 0 Å². The van der Waals surface area contributed by atoms with Crippen molar-refractivity contribution < 1.29 is 0 Å². The van der Waals surface area contributed by atoms with E-state index in [9.17, 15) is 0 Å². The van der Waals surface area contributed by atoms with Gasteiger partial charge in [0.15, 0.2) is 0 Å². The fourth-order valence-corrected chi connectivity index (χ4v) is 2.39. The fourth-order valence-electron chi connectivity index (χ4n) is 1.26. The maximum atomic E-state index is 4.20. The zero-order valence-corrected chi connectivity index (χ0v) is 9.65. The molecule has 0 saturated heterocycles. The van der Waals surface area contributed by atoms with Crippen molar-refractivity contribution in [1.29, 1.82) is 0 Å². The smallest absolute Gasteiger partial charge is 0.00594 e. The minimum atomic E-state index is 0.703. The first-order valence-corrected chi connectivity index (χ1v) is 6.27. The second-order valence-corrected chi connectivity index (χ2v) is 5.09. The molecule has 0 bridgehead atoms. The van der Waals surface area contributed by atoms with Gasteiger partial charge in [-0.05, 0) is 17.7 Å². The summed E-state index contributed by atoms with van der Waals surface area (Å²) in [5, 5.41) is 0.703. The topological polar surface area (TPSA) is 0 Å². The van der Waals surface area contributed by atoms with Crippen molar-refractivity contribution >= 4 is 24.4 Å². The van der Waals surface area contributed by atoms with Crippen molar-refractivity contribution in [3.05, 3.63) is 35.9 Å². The third kappa shape index (κ3) is 4.63. The first-order chi connectivity index (χ1) is 6.33. The van der Waals surface area contributed by atoms with Gasteiger partial charge in [-0.25, -0.2) is 0 Å². The summed E-state index contributed by atoms with van der Waals surface area (Å²) in [7, 11) is 0. The molecule has 0 heterocycles. The van der Waals surface area contributed by atoms with Gasteiger partial charge in [-0.15, -0.1) is 0 Å². The van der Waals surface area contributed by atoms with Gasteiger partial charge in [0.05, 0.1) is 0 Å². The molecule has 0 aromatic heterocycles. The van der Waals surface area contributed by atoms with Crippen LogP contribution in [0.5, 0.6) is 0 Å². The lowest BCUT2D eigenvalue weighted by molar-refractivity contribution is 0.943. The van der Waals surface area contributed by atoms with Gasteiger partial charge in [-0.3, -0.25) is 0 Å². The first kappa shape index (κ1) is 11.0. The molecular weight excluding hydrogens is 196 g/mol. The molecule has 2 heteroatoms. The average Bonchev–Trinajstić information content (AvgIpc) is 2.16. The summed E-state index contributed by atoms with van der Waals surface area (Å²) in [4.78, 5) is 0. The lowest BCUT2D eigenvalue weighted by Crippen LogP contribution is -2.02. The van der Waals surface area contributed by atoms with E-state index in [2.05, 4.69) is 49.9 Å². The maximum absolute atomic E-state index is 4.20. The van der Waals surface area contributed by atoms with E-state index in [0.29, 0.717) is 5.25 Å². The van der Waals surface area contributed by atoms with Crippen molar-refractivity contribution in [2.24, 2.45) is 0 Å². The van der Waals surface area contributed by atoms with Gasteiger partial charge in [-0.2, -0.15) is 24.4 Å². The minimum absolute atomic E-state index is 0.703. The molecule has 0 radical (unpaired) electrons. The van der Waals surface area contributed by atoms with E-state index >= 15 is 0 Å². The predicted molar refractivity (Wildman–Crippen MR) is 65.9 cm³/mol. The van der Waals surface area contributed by atoms with Crippen molar-refractivity contribution in [2.75, 3.05) is 11.5 Å². The molecule has 1 aromatic carbocycles. The van der Waals surface area contributed by atoms with Crippen LogP contribution >= 0.6 is 24.4 Å². The molecule has 0 fully saturated rings. The number of benzene rings is 1. The Kier molecular flexibility index (Phi) is 5.40. The summed E-state index contributed by atoms with van der Waals surface area (Å²) >= 11 is 6.20. The molecule has 13 heavy (non-hydrogen) atoms. The zero-order valence-electron chi connectivity index (χ0n) is 7.94. The Morgan fingerprint density at radius 1 is 1.31 bits per heavy atom. The summed E-state index contributed by atoms with van der Waals surface area (Å²) in [5.74, 6) is 2.13. The quantitative estimate of drug-likeness (QED) is 0.731. The van der Waals surface area contributed by atoms with E-state index in [1.54, 1.807) is 0 Å². The van der Waals surface area contributed by atoms with Crippen LogP contribution in [-0.2, 0) is 6.42 Å². The molecule has 0 aliphatic rings. The highest BCUT2D eigenvalue weighted by Gasteiger charge is 2.02. The first-order valence-electron chi connectivity index (χ1n) is 4.59. The molecule has 0 amide bonds. The SMILES string of the molecule is CC(Cc1ccccc1)SCCS. The van der Waals surface area contributed by atoms with Crippen molar-refractivity contribution in [3.8, 4) is 0 Å². The molecule has 1 aromatic rings. The number of thiol groups is 1. The van der Waals surface area contributed by atoms with Gasteiger partial charge >= 0.3 is 0 Å². The highest BCUT2D eigenvalue weighted by molar-refractivity contribution is 8.00. The Labute approximate surface area is 90.5 Å². The number of thioether (sulfide) groups is 1.